The van der Waals surface area contributed by atoms with Crippen LogP contribution in [0.4, 0.5) is 0 Å². The average molecular weight is 322 g/mol. The summed E-state index contributed by atoms with van der Waals surface area (Å²) >= 11 is 0. The summed E-state index contributed by atoms with van der Waals surface area (Å²) in [5.41, 5.74) is 6.29. The van der Waals surface area contributed by atoms with Gasteiger partial charge in [-0.1, -0.05) is 18.2 Å². The van der Waals surface area contributed by atoms with Gasteiger partial charge in [-0.2, -0.15) is 0 Å². The van der Waals surface area contributed by atoms with Crippen LogP contribution < -0.4 is 0 Å². The van der Waals surface area contributed by atoms with Crippen LogP contribution >= 0.6 is 0 Å². The zero-order valence-electron chi connectivity index (χ0n) is 13.3. The van der Waals surface area contributed by atoms with Gasteiger partial charge in [0.1, 0.15) is 5.65 Å². The molecule has 5 rings (SSSR count). The maximum absolute atomic E-state index is 4.57. The van der Waals surface area contributed by atoms with Crippen molar-refractivity contribution in [1.29, 1.82) is 0 Å². The molecule has 0 radical (unpaired) electrons. The van der Waals surface area contributed by atoms with Gasteiger partial charge in [0, 0.05) is 58.4 Å². The zero-order valence-corrected chi connectivity index (χ0v) is 13.3. The molecular weight excluding hydrogens is 308 g/mol. The van der Waals surface area contributed by atoms with Gasteiger partial charge in [0.25, 0.3) is 0 Å². The van der Waals surface area contributed by atoms with E-state index >= 15 is 0 Å². The van der Waals surface area contributed by atoms with Crippen molar-refractivity contribution >= 4 is 21.9 Å². The molecule has 5 aromatic rings. The number of nitrogens with one attached hydrogen (secondary N) is 1. The van der Waals surface area contributed by atoms with Crippen LogP contribution in [-0.4, -0.2) is 19.9 Å². The summed E-state index contributed by atoms with van der Waals surface area (Å²) in [6.07, 6.45) is 9.35. The van der Waals surface area contributed by atoms with E-state index in [1.807, 2.05) is 43.0 Å². The molecule has 1 aromatic carbocycles. The minimum absolute atomic E-state index is 0.883. The fourth-order valence-electron chi connectivity index (χ4n) is 3.18. The number of benzene rings is 1. The lowest BCUT2D eigenvalue weighted by Crippen LogP contribution is -1.84. The van der Waals surface area contributed by atoms with Crippen LogP contribution in [0.3, 0.4) is 0 Å². The summed E-state index contributed by atoms with van der Waals surface area (Å²) in [5, 5.41) is 2.23. The smallest absolute Gasteiger partial charge is 0.137 e. The van der Waals surface area contributed by atoms with E-state index in [4.69, 9.17) is 0 Å². The maximum Gasteiger partial charge on any atom is 0.137 e. The van der Waals surface area contributed by atoms with Gasteiger partial charge >= 0.3 is 0 Å². The molecule has 0 atom stereocenters. The normalized spacial score (nSPS) is 11.2. The number of rotatable bonds is 2. The molecule has 0 fully saturated rings. The third-order valence-corrected chi connectivity index (χ3v) is 4.44. The molecule has 0 bridgehead atoms. The fraction of sp³-hybridized carbons (Fsp3) is 0. The van der Waals surface area contributed by atoms with Crippen LogP contribution in [0, 0.1) is 0 Å². The predicted octanol–water partition coefficient (Wildman–Crippen LogP) is 4.84. The molecule has 1 N–H and O–H groups in total. The zero-order chi connectivity index (χ0) is 16.6. The number of nitrogens with zero attached hydrogens (tertiary/aromatic N) is 3. The molecule has 0 aliphatic heterocycles. The van der Waals surface area contributed by atoms with Gasteiger partial charge < -0.3 is 4.98 Å². The Kier molecular flexibility index (Phi) is 3.07. The van der Waals surface area contributed by atoms with Crippen molar-refractivity contribution < 1.29 is 0 Å². The highest BCUT2D eigenvalue weighted by atomic mass is 14.8. The van der Waals surface area contributed by atoms with Gasteiger partial charge in [-0.25, -0.2) is 4.98 Å². The lowest BCUT2D eigenvalue weighted by atomic mass is 10.0. The highest BCUT2D eigenvalue weighted by Crippen LogP contribution is 2.32. The molecule has 25 heavy (non-hydrogen) atoms. The number of H-pyrrole nitrogens is 1. The van der Waals surface area contributed by atoms with Gasteiger partial charge in [-0.15, -0.1) is 0 Å². The van der Waals surface area contributed by atoms with E-state index in [1.165, 1.54) is 0 Å². The molecule has 4 nitrogen and oxygen atoms in total. The summed E-state index contributed by atoms with van der Waals surface area (Å²) in [5.74, 6) is 0. The van der Waals surface area contributed by atoms with Crippen molar-refractivity contribution in [3.8, 4) is 22.3 Å². The fourth-order valence-corrected chi connectivity index (χ4v) is 3.18. The largest absolute Gasteiger partial charge is 0.346 e. The quantitative estimate of drug-likeness (QED) is 0.506. The lowest BCUT2D eigenvalue weighted by molar-refractivity contribution is 1.30. The van der Waals surface area contributed by atoms with Crippen LogP contribution in [-0.2, 0) is 0 Å². The molecule has 0 saturated carbocycles. The molecule has 0 unspecified atom stereocenters. The SMILES string of the molecule is c1cncc(-c2cnc3[nH]cc(-c4ccc5ncccc5c4)c3c2)c1. The number of fused-ring (bicyclic) bond motifs is 2. The second-order valence-electron chi connectivity index (χ2n) is 5.98. The number of hydrogen-bond donors (Lipinski definition) is 1. The second kappa shape index (κ2) is 5.53. The summed E-state index contributed by atoms with van der Waals surface area (Å²) in [6.45, 7) is 0. The minimum Gasteiger partial charge on any atom is -0.346 e. The summed E-state index contributed by atoms with van der Waals surface area (Å²) < 4.78 is 0. The molecule has 4 heterocycles. The average Bonchev–Trinajstić information content (AvgIpc) is 3.11. The first kappa shape index (κ1) is 13.9. The highest BCUT2D eigenvalue weighted by molar-refractivity contribution is 5.97. The Balaban J connectivity index is 1.70. The predicted molar refractivity (Wildman–Crippen MR) is 100 cm³/mol. The van der Waals surface area contributed by atoms with Crippen LogP contribution in [0.5, 0.6) is 0 Å². The van der Waals surface area contributed by atoms with E-state index in [9.17, 15) is 0 Å². The van der Waals surface area contributed by atoms with Crippen molar-refractivity contribution in [2.24, 2.45) is 0 Å². The molecular formula is C21H14N4. The van der Waals surface area contributed by atoms with Crippen molar-refractivity contribution in [3.63, 3.8) is 0 Å². The Morgan fingerprint density at radius 2 is 1.72 bits per heavy atom. The van der Waals surface area contributed by atoms with Crippen LogP contribution in [0.2, 0.25) is 0 Å². The number of aromatic amines is 1. The third-order valence-electron chi connectivity index (χ3n) is 4.44. The van der Waals surface area contributed by atoms with Gasteiger partial charge in [0.15, 0.2) is 0 Å². The Labute approximate surface area is 144 Å². The molecule has 4 aromatic heterocycles. The van der Waals surface area contributed by atoms with Gasteiger partial charge in [0.05, 0.1) is 5.52 Å². The molecule has 0 aliphatic rings. The summed E-state index contributed by atoms with van der Waals surface area (Å²) in [7, 11) is 0. The van der Waals surface area contributed by atoms with E-state index in [0.29, 0.717) is 0 Å². The monoisotopic (exact) mass is 322 g/mol. The van der Waals surface area contributed by atoms with E-state index in [-0.39, 0.29) is 0 Å². The Hall–Kier alpha value is -3.53. The molecule has 118 valence electrons. The first-order valence-electron chi connectivity index (χ1n) is 8.11. The number of pyridine rings is 3. The Morgan fingerprint density at radius 3 is 2.64 bits per heavy atom. The molecule has 0 spiro atoms. The number of aromatic nitrogens is 4. The third kappa shape index (κ3) is 2.35. The van der Waals surface area contributed by atoms with Crippen molar-refractivity contribution in [2.75, 3.05) is 0 Å². The van der Waals surface area contributed by atoms with Gasteiger partial charge in [-0.05, 0) is 35.9 Å². The van der Waals surface area contributed by atoms with Crippen LogP contribution in [0.15, 0.2) is 79.5 Å². The molecule has 0 saturated heterocycles. The standard InChI is InChI=1S/C21H14N4/c1-4-16(11-22-7-1)17-10-18-19(13-25-21(18)24-12-17)14-5-6-20-15(9-14)3-2-8-23-20/h1-13H,(H,24,25). The maximum atomic E-state index is 4.57. The van der Waals surface area contributed by atoms with Crippen molar-refractivity contribution in [3.05, 3.63) is 79.5 Å². The molecule has 0 amide bonds. The van der Waals surface area contributed by atoms with E-state index in [0.717, 1.165) is 44.2 Å². The Bertz CT molecular complexity index is 1190. The van der Waals surface area contributed by atoms with Crippen molar-refractivity contribution in [1.82, 2.24) is 19.9 Å². The van der Waals surface area contributed by atoms with Crippen molar-refractivity contribution in [2.45, 2.75) is 0 Å². The summed E-state index contributed by atoms with van der Waals surface area (Å²) in [6, 6.07) is 16.5. The van der Waals surface area contributed by atoms with E-state index in [1.54, 1.807) is 6.20 Å². The highest BCUT2D eigenvalue weighted by Gasteiger charge is 2.10. The first-order chi connectivity index (χ1) is 12.4. The van der Waals surface area contributed by atoms with E-state index < -0.39 is 0 Å². The topological polar surface area (TPSA) is 54.5 Å². The van der Waals surface area contributed by atoms with Crippen LogP contribution in [0.1, 0.15) is 0 Å². The van der Waals surface area contributed by atoms with Gasteiger partial charge in [-0.3, -0.25) is 9.97 Å². The second-order valence-corrected chi connectivity index (χ2v) is 5.98. The summed E-state index contributed by atoms with van der Waals surface area (Å²) in [4.78, 5) is 16.4. The van der Waals surface area contributed by atoms with Gasteiger partial charge in [0.2, 0.25) is 0 Å². The molecule has 0 aliphatic carbocycles. The number of hydrogen-bond acceptors (Lipinski definition) is 3. The first-order valence-corrected chi connectivity index (χ1v) is 8.11. The van der Waals surface area contributed by atoms with E-state index in [2.05, 4.69) is 50.3 Å². The minimum atomic E-state index is 0.883. The lowest BCUT2D eigenvalue weighted by Gasteiger charge is -2.04. The molecule has 4 heteroatoms. The van der Waals surface area contributed by atoms with Crippen LogP contribution in [0.25, 0.3) is 44.2 Å². The Morgan fingerprint density at radius 1 is 0.760 bits per heavy atom.